The fraction of sp³-hybridized carbons (Fsp3) is 0.609. The van der Waals surface area contributed by atoms with Crippen molar-refractivity contribution in [3.63, 3.8) is 0 Å². The lowest BCUT2D eigenvalue weighted by Crippen LogP contribution is -2.52. The molecule has 1 saturated heterocycles. The zero-order valence-corrected chi connectivity index (χ0v) is 18.0. The van der Waals surface area contributed by atoms with Crippen molar-refractivity contribution in [2.24, 2.45) is 5.92 Å². The largest absolute Gasteiger partial charge is 0.489 e. The van der Waals surface area contributed by atoms with Gasteiger partial charge in [0.25, 0.3) is 5.91 Å². The van der Waals surface area contributed by atoms with E-state index in [1.807, 2.05) is 18.2 Å². The summed E-state index contributed by atoms with van der Waals surface area (Å²) in [6, 6.07) is 5.43. The van der Waals surface area contributed by atoms with Crippen LogP contribution in [0.15, 0.2) is 18.2 Å². The zero-order valence-electron chi connectivity index (χ0n) is 18.0. The van der Waals surface area contributed by atoms with Crippen LogP contribution in [0.2, 0.25) is 0 Å². The molecule has 3 aliphatic rings. The average Bonchev–Trinajstić information content (AvgIpc) is 3.23. The first kappa shape index (κ1) is 20.8. The number of carbonyl (C=O) groups is 3. The molecule has 1 saturated carbocycles. The lowest BCUT2D eigenvalue weighted by atomic mass is 10.0. The van der Waals surface area contributed by atoms with Gasteiger partial charge < -0.3 is 9.64 Å². The zero-order chi connectivity index (χ0) is 21.4. The molecule has 4 rings (SSSR count). The van der Waals surface area contributed by atoms with Crippen LogP contribution in [0.5, 0.6) is 5.75 Å². The first-order valence-corrected chi connectivity index (χ1v) is 11.1. The number of nitrogens with one attached hydrogen (secondary N) is 1. The van der Waals surface area contributed by atoms with Gasteiger partial charge in [0.1, 0.15) is 17.9 Å². The predicted octanol–water partition coefficient (Wildman–Crippen LogP) is 2.34. The molecule has 3 amide bonds. The Morgan fingerprint density at radius 3 is 2.60 bits per heavy atom. The molecule has 0 spiro atoms. The Morgan fingerprint density at radius 2 is 1.90 bits per heavy atom. The summed E-state index contributed by atoms with van der Waals surface area (Å²) in [7, 11) is 0. The molecule has 2 aliphatic heterocycles. The molecule has 7 nitrogen and oxygen atoms in total. The second-order valence-corrected chi connectivity index (χ2v) is 8.64. The van der Waals surface area contributed by atoms with Gasteiger partial charge in [-0.2, -0.15) is 0 Å². The molecular weight excluding hydrogens is 382 g/mol. The van der Waals surface area contributed by atoms with Crippen LogP contribution in [-0.2, 0) is 16.1 Å². The Balaban J connectivity index is 1.49. The smallest absolute Gasteiger partial charge is 0.255 e. The molecule has 1 aromatic carbocycles. The van der Waals surface area contributed by atoms with Gasteiger partial charge >= 0.3 is 0 Å². The van der Waals surface area contributed by atoms with Crippen LogP contribution in [0.4, 0.5) is 0 Å². The molecule has 1 aliphatic carbocycles. The molecule has 0 aromatic heterocycles. The second-order valence-electron chi connectivity index (χ2n) is 8.64. The summed E-state index contributed by atoms with van der Waals surface area (Å²) >= 11 is 0. The van der Waals surface area contributed by atoms with Crippen LogP contribution in [-0.4, -0.2) is 58.8 Å². The van der Waals surface area contributed by atoms with Crippen LogP contribution in [0.3, 0.4) is 0 Å². The summed E-state index contributed by atoms with van der Waals surface area (Å²) in [6.45, 7) is 9.06. The minimum atomic E-state index is -0.588. The molecule has 2 heterocycles. The van der Waals surface area contributed by atoms with Crippen LogP contribution >= 0.6 is 0 Å². The highest BCUT2D eigenvalue weighted by molar-refractivity contribution is 6.05. The molecule has 1 unspecified atom stereocenters. The third-order valence-corrected chi connectivity index (χ3v) is 6.89. The number of rotatable bonds is 6. The first-order chi connectivity index (χ1) is 14.4. The van der Waals surface area contributed by atoms with Crippen molar-refractivity contribution >= 4 is 17.7 Å². The van der Waals surface area contributed by atoms with Crippen molar-refractivity contribution in [3.05, 3.63) is 29.3 Å². The van der Waals surface area contributed by atoms with E-state index in [0.29, 0.717) is 30.5 Å². The highest BCUT2D eigenvalue weighted by Crippen LogP contribution is 2.35. The quantitative estimate of drug-likeness (QED) is 0.724. The molecule has 1 N–H and O–H groups in total. The van der Waals surface area contributed by atoms with E-state index >= 15 is 0 Å². The minimum Gasteiger partial charge on any atom is -0.489 e. The fourth-order valence-corrected chi connectivity index (χ4v) is 5.30. The fourth-order valence-electron chi connectivity index (χ4n) is 5.30. The number of piperidine rings is 1. The number of hydrogen-bond donors (Lipinski definition) is 1. The Hall–Kier alpha value is -2.41. The monoisotopic (exact) mass is 413 g/mol. The topological polar surface area (TPSA) is 79.0 Å². The van der Waals surface area contributed by atoms with Gasteiger partial charge in [-0.25, -0.2) is 0 Å². The highest BCUT2D eigenvalue weighted by Gasteiger charge is 2.40. The van der Waals surface area contributed by atoms with Gasteiger partial charge in [0.05, 0.1) is 0 Å². The predicted molar refractivity (Wildman–Crippen MR) is 112 cm³/mol. The van der Waals surface area contributed by atoms with Gasteiger partial charge in [-0.05, 0) is 62.0 Å². The first-order valence-electron chi connectivity index (χ1n) is 11.1. The number of likely N-dealkylation sites (N-methyl/N-ethyl adjacent to an activating group) is 1. The third kappa shape index (κ3) is 3.71. The Bertz CT molecular complexity index is 851. The SMILES string of the molecule is CCN(CC)[C@H]1[C@@H](C)CC[C@H]1Oc1ccc2c(c1)CN(C1CCC(=O)NC1=O)C2=O. The van der Waals surface area contributed by atoms with Crippen LogP contribution in [0, 0.1) is 5.92 Å². The van der Waals surface area contributed by atoms with E-state index in [9.17, 15) is 14.4 Å². The molecule has 30 heavy (non-hydrogen) atoms. The molecule has 7 heteroatoms. The van der Waals surface area contributed by atoms with E-state index in [-0.39, 0.29) is 30.2 Å². The number of imide groups is 1. The molecule has 0 bridgehead atoms. The van der Waals surface area contributed by atoms with Crippen LogP contribution < -0.4 is 10.1 Å². The molecule has 2 fully saturated rings. The maximum Gasteiger partial charge on any atom is 0.255 e. The standard InChI is InChI=1S/C23H31N3O4/c1-4-25(5-2)21-14(3)6-10-19(21)30-16-7-8-17-15(12-16)13-26(23(17)29)18-9-11-20(27)24-22(18)28/h7-8,12,14,18-19,21H,4-6,9-11,13H2,1-3H3,(H,24,27,28)/t14-,18?,19+,21-/m0/s1. The van der Waals surface area contributed by atoms with E-state index in [1.54, 1.807) is 4.90 Å². The van der Waals surface area contributed by atoms with Crippen molar-refractivity contribution in [3.8, 4) is 5.75 Å². The summed E-state index contributed by atoms with van der Waals surface area (Å²) in [6.07, 6.45) is 2.96. The van der Waals surface area contributed by atoms with E-state index in [1.165, 1.54) is 0 Å². The number of hydrogen-bond acceptors (Lipinski definition) is 5. The number of carbonyl (C=O) groups excluding carboxylic acids is 3. The number of ether oxygens (including phenoxy) is 1. The highest BCUT2D eigenvalue weighted by atomic mass is 16.5. The van der Waals surface area contributed by atoms with Gasteiger partial charge in [-0.1, -0.05) is 20.8 Å². The van der Waals surface area contributed by atoms with Crippen LogP contribution in [0.25, 0.3) is 0 Å². The average molecular weight is 414 g/mol. The van der Waals surface area contributed by atoms with Crippen molar-refractivity contribution in [1.82, 2.24) is 15.1 Å². The summed E-state index contributed by atoms with van der Waals surface area (Å²) in [5, 5.41) is 2.34. The van der Waals surface area contributed by atoms with Crippen molar-refractivity contribution < 1.29 is 19.1 Å². The Morgan fingerprint density at radius 1 is 1.13 bits per heavy atom. The number of amides is 3. The second kappa shape index (κ2) is 8.38. The molecule has 1 aromatic rings. The van der Waals surface area contributed by atoms with Crippen molar-refractivity contribution in [2.45, 2.75) is 71.2 Å². The van der Waals surface area contributed by atoms with Gasteiger partial charge in [-0.3, -0.25) is 24.6 Å². The molecular formula is C23H31N3O4. The van der Waals surface area contributed by atoms with Gasteiger partial charge in [0.2, 0.25) is 11.8 Å². The minimum absolute atomic E-state index is 0.140. The van der Waals surface area contributed by atoms with E-state index in [2.05, 4.69) is 31.0 Å². The molecule has 0 radical (unpaired) electrons. The van der Waals surface area contributed by atoms with Crippen LogP contribution in [0.1, 0.15) is 62.4 Å². The van der Waals surface area contributed by atoms with E-state index in [0.717, 1.165) is 37.2 Å². The maximum absolute atomic E-state index is 12.9. The van der Waals surface area contributed by atoms with E-state index < -0.39 is 6.04 Å². The van der Waals surface area contributed by atoms with Crippen molar-refractivity contribution in [2.75, 3.05) is 13.1 Å². The maximum atomic E-state index is 12.9. The van der Waals surface area contributed by atoms with Crippen molar-refractivity contribution in [1.29, 1.82) is 0 Å². The number of fused-ring (bicyclic) bond motifs is 1. The van der Waals surface area contributed by atoms with Gasteiger partial charge in [0.15, 0.2) is 0 Å². The van der Waals surface area contributed by atoms with E-state index in [4.69, 9.17) is 4.74 Å². The lowest BCUT2D eigenvalue weighted by Gasteiger charge is -2.34. The lowest BCUT2D eigenvalue weighted by molar-refractivity contribution is -0.136. The summed E-state index contributed by atoms with van der Waals surface area (Å²) in [5.74, 6) is 0.564. The molecule has 162 valence electrons. The summed E-state index contributed by atoms with van der Waals surface area (Å²) < 4.78 is 6.42. The Labute approximate surface area is 177 Å². The summed E-state index contributed by atoms with van der Waals surface area (Å²) in [5.41, 5.74) is 1.50. The molecule has 4 atom stereocenters. The Kier molecular flexibility index (Phi) is 5.82. The van der Waals surface area contributed by atoms with Gasteiger partial charge in [0, 0.05) is 24.6 Å². The third-order valence-electron chi connectivity index (χ3n) is 6.89. The number of benzene rings is 1. The summed E-state index contributed by atoms with van der Waals surface area (Å²) in [4.78, 5) is 40.6. The van der Waals surface area contributed by atoms with Gasteiger partial charge in [-0.15, -0.1) is 0 Å². The normalized spacial score (nSPS) is 28.8. The number of nitrogens with zero attached hydrogens (tertiary/aromatic N) is 2.